The van der Waals surface area contributed by atoms with Crippen LogP contribution >= 0.6 is 0 Å². The SMILES string of the molecule is C=C[C@H]1O[C@@H]1C1CCCCC1. The predicted octanol–water partition coefficient (Wildman–Crippen LogP) is 2.52. The Morgan fingerprint density at radius 3 is 2.45 bits per heavy atom. The topological polar surface area (TPSA) is 12.5 Å². The van der Waals surface area contributed by atoms with E-state index in [2.05, 4.69) is 6.58 Å². The molecule has 0 aromatic rings. The van der Waals surface area contributed by atoms with E-state index >= 15 is 0 Å². The summed E-state index contributed by atoms with van der Waals surface area (Å²) in [7, 11) is 0. The van der Waals surface area contributed by atoms with Crippen LogP contribution in [0.15, 0.2) is 12.7 Å². The van der Waals surface area contributed by atoms with E-state index in [0.717, 1.165) is 5.92 Å². The molecule has 0 spiro atoms. The van der Waals surface area contributed by atoms with Crippen molar-refractivity contribution in [3.05, 3.63) is 12.7 Å². The van der Waals surface area contributed by atoms with Crippen molar-refractivity contribution in [2.75, 3.05) is 0 Å². The van der Waals surface area contributed by atoms with Gasteiger partial charge in [-0.3, -0.25) is 0 Å². The molecule has 62 valence electrons. The summed E-state index contributed by atoms with van der Waals surface area (Å²) in [6.45, 7) is 3.74. The van der Waals surface area contributed by atoms with Gasteiger partial charge in [0.25, 0.3) is 0 Å². The highest BCUT2D eigenvalue weighted by Gasteiger charge is 2.42. The van der Waals surface area contributed by atoms with E-state index in [9.17, 15) is 0 Å². The third-order valence-electron chi connectivity index (χ3n) is 2.91. The molecule has 1 heterocycles. The first-order chi connectivity index (χ1) is 5.42. The van der Waals surface area contributed by atoms with E-state index in [1.807, 2.05) is 6.08 Å². The molecule has 0 aromatic heterocycles. The van der Waals surface area contributed by atoms with E-state index in [1.54, 1.807) is 0 Å². The minimum atomic E-state index is 0.401. The summed E-state index contributed by atoms with van der Waals surface area (Å²) >= 11 is 0. The summed E-state index contributed by atoms with van der Waals surface area (Å²) in [4.78, 5) is 0. The molecule has 2 aliphatic rings. The second kappa shape index (κ2) is 2.98. The largest absolute Gasteiger partial charge is 0.365 e. The van der Waals surface area contributed by atoms with Crippen LogP contribution in [0.1, 0.15) is 32.1 Å². The lowest BCUT2D eigenvalue weighted by Gasteiger charge is -2.19. The monoisotopic (exact) mass is 152 g/mol. The lowest BCUT2D eigenvalue weighted by Crippen LogP contribution is -2.13. The highest BCUT2D eigenvalue weighted by molar-refractivity contribution is 5.01. The van der Waals surface area contributed by atoms with Crippen molar-refractivity contribution in [1.29, 1.82) is 0 Å². The molecule has 0 aromatic carbocycles. The van der Waals surface area contributed by atoms with Gasteiger partial charge in [0.05, 0.1) is 6.10 Å². The van der Waals surface area contributed by atoms with Gasteiger partial charge in [-0.25, -0.2) is 0 Å². The molecule has 1 aliphatic heterocycles. The second-order valence-electron chi connectivity index (χ2n) is 3.70. The molecular formula is C10H16O. The summed E-state index contributed by atoms with van der Waals surface area (Å²) in [5, 5.41) is 0. The Hall–Kier alpha value is -0.300. The lowest BCUT2D eigenvalue weighted by atomic mass is 9.86. The van der Waals surface area contributed by atoms with E-state index < -0.39 is 0 Å². The maximum absolute atomic E-state index is 5.49. The summed E-state index contributed by atoms with van der Waals surface area (Å²) in [6.07, 6.45) is 9.92. The van der Waals surface area contributed by atoms with Gasteiger partial charge in [-0.2, -0.15) is 0 Å². The normalized spacial score (nSPS) is 38.5. The van der Waals surface area contributed by atoms with Crippen LogP contribution in [0.3, 0.4) is 0 Å². The number of ether oxygens (including phenoxy) is 1. The lowest BCUT2D eigenvalue weighted by molar-refractivity contribution is 0.264. The average Bonchev–Trinajstić information content (AvgIpc) is 2.85. The van der Waals surface area contributed by atoms with Crippen LogP contribution in [0, 0.1) is 5.92 Å². The fraction of sp³-hybridized carbons (Fsp3) is 0.800. The third kappa shape index (κ3) is 1.48. The van der Waals surface area contributed by atoms with Crippen molar-refractivity contribution in [1.82, 2.24) is 0 Å². The fourth-order valence-corrected chi connectivity index (χ4v) is 2.17. The van der Waals surface area contributed by atoms with Gasteiger partial charge < -0.3 is 4.74 Å². The molecule has 0 N–H and O–H groups in total. The first-order valence-electron chi connectivity index (χ1n) is 4.70. The van der Waals surface area contributed by atoms with Gasteiger partial charge in [0.15, 0.2) is 0 Å². The minimum Gasteiger partial charge on any atom is -0.365 e. The Bertz CT molecular complexity index is 147. The van der Waals surface area contributed by atoms with E-state index in [4.69, 9.17) is 4.74 Å². The quantitative estimate of drug-likeness (QED) is 0.437. The van der Waals surface area contributed by atoms with Gasteiger partial charge >= 0.3 is 0 Å². The second-order valence-corrected chi connectivity index (χ2v) is 3.70. The molecule has 0 bridgehead atoms. The van der Waals surface area contributed by atoms with Crippen molar-refractivity contribution < 1.29 is 4.74 Å². The van der Waals surface area contributed by atoms with Crippen LogP contribution in [0.5, 0.6) is 0 Å². The van der Waals surface area contributed by atoms with Gasteiger partial charge in [-0.1, -0.05) is 25.3 Å². The van der Waals surface area contributed by atoms with Crippen LogP contribution in [0.25, 0.3) is 0 Å². The van der Waals surface area contributed by atoms with Crippen LogP contribution in [0.4, 0.5) is 0 Å². The molecule has 2 fully saturated rings. The van der Waals surface area contributed by atoms with Crippen molar-refractivity contribution in [2.45, 2.75) is 44.3 Å². The summed E-state index contributed by atoms with van der Waals surface area (Å²) in [5.41, 5.74) is 0. The Kier molecular flexibility index (Phi) is 1.99. The van der Waals surface area contributed by atoms with Gasteiger partial charge in [0.1, 0.15) is 6.10 Å². The van der Waals surface area contributed by atoms with Crippen LogP contribution in [-0.2, 0) is 4.74 Å². The number of hydrogen-bond donors (Lipinski definition) is 0. The van der Waals surface area contributed by atoms with Crippen molar-refractivity contribution in [2.24, 2.45) is 5.92 Å². The number of hydrogen-bond acceptors (Lipinski definition) is 1. The smallest absolute Gasteiger partial charge is 0.102 e. The van der Waals surface area contributed by atoms with Gasteiger partial charge in [0.2, 0.25) is 0 Å². The zero-order valence-electron chi connectivity index (χ0n) is 6.96. The molecule has 0 unspecified atom stereocenters. The molecule has 1 saturated heterocycles. The third-order valence-corrected chi connectivity index (χ3v) is 2.91. The standard InChI is InChI=1S/C10H16O/c1-2-9-10(11-9)8-6-4-3-5-7-8/h2,8-10H,1,3-7H2/t9-,10-/m1/s1. The molecule has 1 nitrogen and oxygen atoms in total. The zero-order valence-corrected chi connectivity index (χ0v) is 6.96. The highest BCUT2D eigenvalue weighted by atomic mass is 16.6. The molecule has 1 aliphatic carbocycles. The predicted molar refractivity (Wildman–Crippen MR) is 45.4 cm³/mol. The van der Waals surface area contributed by atoms with E-state index in [1.165, 1.54) is 32.1 Å². The molecule has 1 saturated carbocycles. The van der Waals surface area contributed by atoms with E-state index in [-0.39, 0.29) is 0 Å². The molecule has 0 amide bonds. The fourth-order valence-electron chi connectivity index (χ4n) is 2.17. The molecule has 11 heavy (non-hydrogen) atoms. The Balaban J connectivity index is 1.81. The van der Waals surface area contributed by atoms with Crippen LogP contribution in [0.2, 0.25) is 0 Å². The maximum atomic E-state index is 5.49. The van der Waals surface area contributed by atoms with Crippen LogP contribution in [-0.4, -0.2) is 12.2 Å². The van der Waals surface area contributed by atoms with Gasteiger partial charge in [0, 0.05) is 0 Å². The Labute approximate surface area is 68.4 Å². The van der Waals surface area contributed by atoms with Crippen molar-refractivity contribution in [3.63, 3.8) is 0 Å². The molecule has 0 radical (unpaired) electrons. The van der Waals surface area contributed by atoms with Crippen molar-refractivity contribution in [3.8, 4) is 0 Å². The average molecular weight is 152 g/mol. The van der Waals surface area contributed by atoms with Crippen molar-refractivity contribution >= 4 is 0 Å². The number of epoxide rings is 1. The van der Waals surface area contributed by atoms with Gasteiger partial charge in [-0.15, -0.1) is 6.58 Å². The highest BCUT2D eigenvalue weighted by Crippen LogP contribution is 2.38. The molecule has 2 rings (SSSR count). The van der Waals surface area contributed by atoms with Crippen LogP contribution < -0.4 is 0 Å². The Morgan fingerprint density at radius 2 is 1.91 bits per heavy atom. The summed E-state index contributed by atoms with van der Waals surface area (Å²) in [6, 6.07) is 0. The van der Waals surface area contributed by atoms with E-state index in [0.29, 0.717) is 12.2 Å². The maximum Gasteiger partial charge on any atom is 0.102 e. The summed E-state index contributed by atoms with van der Waals surface area (Å²) in [5.74, 6) is 0.853. The summed E-state index contributed by atoms with van der Waals surface area (Å²) < 4.78 is 5.49. The van der Waals surface area contributed by atoms with Gasteiger partial charge in [-0.05, 0) is 18.8 Å². The zero-order chi connectivity index (χ0) is 7.68. The molecular weight excluding hydrogens is 136 g/mol. The molecule has 1 heteroatoms. The first kappa shape index (κ1) is 7.35. The number of rotatable bonds is 2. The first-order valence-corrected chi connectivity index (χ1v) is 4.70. The molecule has 2 atom stereocenters. The Morgan fingerprint density at radius 1 is 1.18 bits per heavy atom. The minimum absolute atomic E-state index is 0.401.